The van der Waals surface area contributed by atoms with Crippen LogP contribution in [0.4, 0.5) is 0 Å². The first kappa shape index (κ1) is 9.71. The van der Waals surface area contributed by atoms with Crippen LogP contribution in [-0.4, -0.2) is 9.97 Å². The molecule has 0 saturated heterocycles. The molecule has 14 heavy (non-hydrogen) atoms. The van der Waals surface area contributed by atoms with E-state index in [1.807, 2.05) is 6.20 Å². The lowest BCUT2D eigenvalue weighted by molar-refractivity contribution is 0.212. The summed E-state index contributed by atoms with van der Waals surface area (Å²) in [5.41, 5.74) is 6.20. The van der Waals surface area contributed by atoms with Crippen LogP contribution in [0.2, 0.25) is 0 Å². The second kappa shape index (κ2) is 3.73. The minimum absolute atomic E-state index is 0.192. The van der Waals surface area contributed by atoms with Crippen LogP contribution in [0.15, 0.2) is 12.4 Å². The van der Waals surface area contributed by atoms with E-state index in [1.54, 1.807) is 6.20 Å². The van der Waals surface area contributed by atoms with Gasteiger partial charge >= 0.3 is 0 Å². The Hall–Kier alpha value is -0.830. The Kier molecular flexibility index (Phi) is 2.59. The van der Waals surface area contributed by atoms with Crippen molar-refractivity contribution >= 4 is 0 Å². The molecule has 2 rings (SSSR count). The van der Waals surface area contributed by atoms with Gasteiger partial charge in [-0.25, -0.2) is 4.98 Å². The molecule has 1 aliphatic carbocycles. The second-order valence-corrected chi connectivity index (χ2v) is 4.46. The highest BCUT2D eigenvalue weighted by molar-refractivity contribution is 5.07. The van der Waals surface area contributed by atoms with Crippen molar-refractivity contribution in [3.05, 3.63) is 18.2 Å². The Morgan fingerprint density at radius 3 is 3.21 bits per heavy atom. The first-order valence-corrected chi connectivity index (χ1v) is 5.53. The van der Waals surface area contributed by atoms with Crippen molar-refractivity contribution in [2.24, 2.45) is 11.7 Å². The van der Waals surface area contributed by atoms with Gasteiger partial charge in [-0.05, 0) is 18.8 Å². The van der Waals surface area contributed by atoms with Crippen molar-refractivity contribution < 1.29 is 0 Å². The molecule has 78 valence electrons. The van der Waals surface area contributed by atoms with E-state index in [4.69, 9.17) is 5.73 Å². The normalized spacial score (nSPS) is 33.1. The smallest absolute Gasteiger partial charge is 0.126 e. The minimum Gasteiger partial charge on any atom is -0.347 e. The number of aromatic amines is 1. The minimum atomic E-state index is -0.192. The van der Waals surface area contributed by atoms with E-state index >= 15 is 0 Å². The zero-order valence-electron chi connectivity index (χ0n) is 8.79. The van der Waals surface area contributed by atoms with Gasteiger partial charge in [0.2, 0.25) is 0 Å². The van der Waals surface area contributed by atoms with E-state index in [0.29, 0.717) is 0 Å². The molecule has 1 aromatic heterocycles. The lowest BCUT2D eigenvalue weighted by Crippen LogP contribution is -2.42. The molecule has 1 saturated carbocycles. The van der Waals surface area contributed by atoms with Crippen LogP contribution >= 0.6 is 0 Å². The van der Waals surface area contributed by atoms with E-state index in [9.17, 15) is 0 Å². The standard InChI is InChI=1S/C11H19N3/c1-2-9-4-3-5-11(12,8-9)10-13-6-7-14-10/h6-7,9H,2-5,8,12H2,1H3,(H,13,14)/t9-,11-/m0/s1. The quantitative estimate of drug-likeness (QED) is 0.756. The molecule has 0 spiro atoms. The van der Waals surface area contributed by atoms with E-state index in [-0.39, 0.29) is 5.54 Å². The fraction of sp³-hybridized carbons (Fsp3) is 0.727. The van der Waals surface area contributed by atoms with Crippen molar-refractivity contribution in [1.29, 1.82) is 0 Å². The molecule has 3 nitrogen and oxygen atoms in total. The van der Waals surface area contributed by atoms with E-state index < -0.39 is 0 Å². The number of rotatable bonds is 2. The molecule has 1 fully saturated rings. The Balaban J connectivity index is 2.15. The zero-order chi connectivity index (χ0) is 10.0. The predicted molar refractivity (Wildman–Crippen MR) is 56.7 cm³/mol. The van der Waals surface area contributed by atoms with Gasteiger partial charge in [0.15, 0.2) is 0 Å². The molecule has 0 radical (unpaired) electrons. The van der Waals surface area contributed by atoms with Crippen LogP contribution in [0.3, 0.4) is 0 Å². The summed E-state index contributed by atoms with van der Waals surface area (Å²) >= 11 is 0. The van der Waals surface area contributed by atoms with E-state index in [2.05, 4.69) is 16.9 Å². The molecule has 0 aromatic carbocycles. The highest BCUT2D eigenvalue weighted by Crippen LogP contribution is 2.37. The number of aromatic nitrogens is 2. The molecule has 2 atom stereocenters. The largest absolute Gasteiger partial charge is 0.347 e. The predicted octanol–water partition coefficient (Wildman–Crippen LogP) is 2.16. The van der Waals surface area contributed by atoms with Gasteiger partial charge in [-0.3, -0.25) is 0 Å². The molecule has 3 N–H and O–H groups in total. The highest BCUT2D eigenvalue weighted by Gasteiger charge is 2.35. The molecule has 0 amide bonds. The molecule has 3 heteroatoms. The summed E-state index contributed by atoms with van der Waals surface area (Å²) in [4.78, 5) is 7.46. The third-order valence-corrected chi connectivity index (χ3v) is 3.44. The Morgan fingerprint density at radius 1 is 1.71 bits per heavy atom. The number of nitrogens with one attached hydrogen (secondary N) is 1. The maximum atomic E-state index is 6.40. The van der Waals surface area contributed by atoms with Gasteiger partial charge in [0.25, 0.3) is 0 Å². The number of hydrogen-bond acceptors (Lipinski definition) is 2. The third kappa shape index (κ3) is 1.69. The van der Waals surface area contributed by atoms with Crippen molar-refractivity contribution in [2.75, 3.05) is 0 Å². The van der Waals surface area contributed by atoms with E-state index in [0.717, 1.165) is 24.6 Å². The summed E-state index contributed by atoms with van der Waals surface area (Å²) in [5, 5.41) is 0. The van der Waals surface area contributed by atoms with Crippen LogP contribution < -0.4 is 5.73 Å². The molecule has 1 aromatic rings. The Morgan fingerprint density at radius 2 is 2.57 bits per heavy atom. The molecule has 0 bridgehead atoms. The van der Waals surface area contributed by atoms with Crippen molar-refractivity contribution in [1.82, 2.24) is 9.97 Å². The fourth-order valence-corrected chi connectivity index (χ4v) is 2.53. The Bertz CT molecular complexity index is 281. The van der Waals surface area contributed by atoms with Gasteiger partial charge in [-0.2, -0.15) is 0 Å². The van der Waals surface area contributed by atoms with Gasteiger partial charge in [0, 0.05) is 12.4 Å². The first-order valence-electron chi connectivity index (χ1n) is 5.53. The molecule has 0 unspecified atom stereocenters. The number of imidazole rings is 1. The van der Waals surface area contributed by atoms with Gasteiger partial charge in [-0.1, -0.05) is 26.2 Å². The zero-order valence-corrected chi connectivity index (χ0v) is 8.79. The fourth-order valence-electron chi connectivity index (χ4n) is 2.53. The summed E-state index contributed by atoms with van der Waals surface area (Å²) < 4.78 is 0. The average Bonchev–Trinajstić information content (AvgIpc) is 2.71. The van der Waals surface area contributed by atoms with Crippen molar-refractivity contribution in [3.63, 3.8) is 0 Å². The molecule has 0 aliphatic heterocycles. The van der Waals surface area contributed by atoms with Crippen LogP contribution in [0.5, 0.6) is 0 Å². The van der Waals surface area contributed by atoms with Gasteiger partial charge in [0.1, 0.15) is 5.82 Å². The van der Waals surface area contributed by atoms with Crippen LogP contribution in [0, 0.1) is 5.92 Å². The lowest BCUT2D eigenvalue weighted by atomic mass is 9.75. The Labute approximate surface area is 85.1 Å². The molecule has 1 aliphatic rings. The van der Waals surface area contributed by atoms with Crippen LogP contribution in [0.25, 0.3) is 0 Å². The van der Waals surface area contributed by atoms with Crippen LogP contribution in [0.1, 0.15) is 44.9 Å². The SMILES string of the molecule is CC[C@H]1CCC[C@@](N)(c2ncc[nH]2)C1. The highest BCUT2D eigenvalue weighted by atomic mass is 15.0. The monoisotopic (exact) mass is 193 g/mol. The number of nitrogens with zero attached hydrogens (tertiary/aromatic N) is 1. The second-order valence-electron chi connectivity index (χ2n) is 4.46. The van der Waals surface area contributed by atoms with Crippen molar-refractivity contribution in [3.8, 4) is 0 Å². The third-order valence-electron chi connectivity index (χ3n) is 3.44. The number of nitrogens with two attached hydrogens (primary N) is 1. The number of hydrogen-bond donors (Lipinski definition) is 2. The van der Waals surface area contributed by atoms with E-state index in [1.165, 1.54) is 19.3 Å². The van der Waals surface area contributed by atoms with Crippen molar-refractivity contribution in [2.45, 2.75) is 44.6 Å². The first-order chi connectivity index (χ1) is 6.74. The van der Waals surface area contributed by atoms with Crippen LogP contribution in [-0.2, 0) is 5.54 Å². The molecular weight excluding hydrogens is 174 g/mol. The molecular formula is C11H19N3. The maximum absolute atomic E-state index is 6.40. The number of H-pyrrole nitrogens is 1. The summed E-state index contributed by atoms with van der Waals surface area (Å²) in [6.45, 7) is 2.25. The van der Waals surface area contributed by atoms with Gasteiger partial charge in [0.05, 0.1) is 5.54 Å². The van der Waals surface area contributed by atoms with Gasteiger partial charge in [-0.15, -0.1) is 0 Å². The summed E-state index contributed by atoms with van der Waals surface area (Å²) in [7, 11) is 0. The van der Waals surface area contributed by atoms with Gasteiger partial charge < -0.3 is 10.7 Å². The average molecular weight is 193 g/mol. The summed E-state index contributed by atoms with van der Waals surface area (Å²) in [6, 6.07) is 0. The lowest BCUT2D eigenvalue weighted by Gasteiger charge is -2.36. The molecule has 1 heterocycles. The summed E-state index contributed by atoms with van der Waals surface area (Å²) in [5.74, 6) is 1.74. The topological polar surface area (TPSA) is 54.7 Å². The summed E-state index contributed by atoms with van der Waals surface area (Å²) in [6.07, 6.45) is 9.60. The maximum Gasteiger partial charge on any atom is 0.126 e.